The molecule has 0 fully saturated rings. The summed E-state index contributed by atoms with van der Waals surface area (Å²) in [7, 11) is 3.84. The van der Waals surface area contributed by atoms with Crippen molar-refractivity contribution in [2.24, 2.45) is 9.98 Å². The standard InChI is InChI=1S/C23H20ClN5OS/c1-29(2)14-25-13-16-5-7-18(24)20(11-16)27-23-28-22(30)21(31-23)12-15-6-8-19-17(10-15)4-3-9-26-19/h3-12,14H,13H2,1-2H3,(H,27,28,30)/b21-12-,25-14?. The quantitative estimate of drug-likeness (QED) is 0.335. The van der Waals surface area contributed by atoms with Gasteiger partial charge >= 0.3 is 0 Å². The fraction of sp³-hybridized carbons (Fsp3) is 0.130. The van der Waals surface area contributed by atoms with Gasteiger partial charge in [0.05, 0.1) is 34.0 Å². The summed E-state index contributed by atoms with van der Waals surface area (Å²) >= 11 is 7.63. The van der Waals surface area contributed by atoms with Crippen molar-refractivity contribution in [3.05, 3.63) is 75.8 Å². The second-order valence-corrected chi connectivity index (χ2v) is 8.59. The van der Waals surface area contributed by atoms with Gasteiger partial charge in [0.1, 0.15) is 0 Å². The van der Waals surface area contributed by atoms with Crippen molar-refractivity contribution in [2.75, 3.05) is 19.4 Å². The molecule has 8 heteroatoms. The molecule has 2 aromatic carbocycles. The Labute approximate surface area is 189 Å². The summed E-state index contributed by atoms with van der Waals surface area (Å²) in [5.74, 6) is -0.276. The number of hydrogen-bond donors (Lipinski definition) is 1. The molecule has 3 aromatic rings. The van der Waals surface area contributed by atoms with E-state index in [1.807, 2.05) is 73.6 Å². The number of amides is 1. The molecule has 1 aromatic heterocycles. The lowest BCUT2D eigenvalue weighted by Gasteiger charge is -2.09. The summed E-state index contributed by atoms with van der Waals surface area (Å²) in [5.41, 5.74) is 3.53. The molecule has 31 heavy (non-hydrogen) atoms. The fourth-order valence-electron chi connectivity index (χ4n) is 2.99. The first kappa shape index (κ1) is 21.1. The van der Waals surface area contributed by atoms with E-state index in [-0.39, 0.29) is 5.91 Å². The molecular weight excluding hydrogens is 430 g/mol. The van der Waals surface area contributed by atoms with Crippen LogP contribution in [0.4, 0.5) is 5.69 Å². The molecule has 0 unspecified atom stereocenters. The second-order valence-electron chi connectivity index (χ2n) is 7.15. The zero-order valence-electron chi connectivity index (χ0n) is 17.0. The molecule has 0 spiro atoms. The zero-order valence-corrected chi connectivity index (χ0v) is 18.6. The van der Waals surface area contributed by atoms with Crippen LogP contribution in [-0.4, -0.2) is 41.4 Å². The average molecular weight is 450 g/mol. The maximum Gasteiger partial charge on any atom is 0.286 e. The molecule has 6 nitrogen and oxygen atoms in total. The Morgan fingerprint density at radius 2 is 2.06 bits per heavy atom. The van der Waals surface area contributed by atoms with E-state index in [0.717, 1.165) is 22.0 Å². The molecule has 1 aliphatic heterocycles. The van der Waals surface area contributed by atoms with E-state index in [0.29, 0.717) is 27.3 Å². The van der Waals surface area contributed by atoms with Crippen molar-refractivity contribution < 1.29 is 4.79 Å². The number of thioether (sulfide) groups is 1. The summed E-state index contributed by atoms with van der Waals surface area (Å²) < 4.78 is 0. The van der Waals surface area contributed by atoms with E-state index >= 15 is 0 Å². The number of nitrogens with zero attached hydrogens (tertiary/aromatic N) is 4. The lowest BCUT2D eigenvalue weighted by atomic mass is 10.1. The maximum atomic E-state index is 12.4. The molecule has 1 N–H and O–H groups in total. The molecule has 2 heterocycles. The van der Waals surface area contributed by atoms with Gasteiger partial charge in [0.15, 0.2) is 5.17 Å². The van der Waals surface area contributed by atoms with Gasteiger partial charge < -0.3 is 10.2 Å². The van der Waals surface area contributed by atoms with Crippen molar-refractivity contribution in [1.29, 1.82) is 0 Å². The third-order valence-electron chi connectivity index (χ3n) is 4.40. The van der Waals surface area contributed by atoms with Gasteiger partial charge in [-0.2, -0.15) is 4.99 Å². The Hall–Kier alpha value is -3.16. The van der Waals surface area contributed by atoms with E-state index in [9.17, 15) is 4.79 Å². The topological polar surface area (TPSA) is 69.9 Å². The van der Waals surface area contributed by atoms with Gasteiger partial charge in [-0.3, -0.25) is 14.8 Å². The number of anilines is 1. The van der Waals surface area contributed by atoms with E-state index in [4.69, 9.17) is 11.6 Å². The van der Waals surface area contributed by atoms with Gasteiger partial charge in [-0.05, 0) is 59.3 Å². The van der Waals surface area contributed by atoms with Crippen LogP contribution in [0.25, 0.3) is 17.0 Å². The Balaban J connectivity index is 1.49. The van der Waals surface area contributed by atoms with Crippen LogP contribution in [-0.2, 0) is 11.3 Å². The first-order valence-corrected chi connectivity index (χ1v) is 10.8. The van der Waals surface area contributed by atoms with Crippen molar-refractivity contribution in [3.8, 4) is 0 Å². The van der Waals surface area contributed by atoms with Crippen LogP contribution in [0.3, 0.4) is 0 Å². The maximum absolute atomic E-state index is 12.4. The number of carbonyl (C=O) groups excluding carboxylic acids is 1. The molecule has 0 bridgehead atoms. The predicted molar refractivity (Wildman–Crippen MR) is 131 cm³/mol. The molecule has 0 saturated heterocycles. The monoisotopic (exact) mass is 449 g/mol. The lowest BCUT2D eigenvalue weighted by molar-refractivity contribution is -0.113. The number of amidine groups is 1. The fourth-order valence-corrected chi connectivity index (χ4v) is 3.98. The van der Waals surface area contributed by atoms with E-state index in [1.54, 1.807) is 12.5 Å². The van der Waals surface area contributed by atoms with Crippen LogP contribution in [0.1, 0.15) is 11.1 Å². The van der Waals surface area contributed by atoms with Crippen LogP contribution >= 0.6 is 23.4 Å². The van der Waals surface area contributed by atoms with E-state index < -0.39 is 0 Å². The number of aromatic nitrogens is 1. The van der Waals surface area contributed by atoms with Crippen LogP contribution in [0, 0.1) is 0 Å². The van der Waals surface area contributed by atoms with E-state index in [1.165, 1.54) is 11.8 Å². The number of halogens is 1. The van der Waals surface area contributed by atoms with Gasteiger partial charge in [-0.25, -0.2) is 0 Å². The van der Waals surface area contributed by atoms with Crippen molar-refractivity contribution >= 4 is 63.4 Å². The largest absolute Gasteiger partial charge is 0.369 e. The Morgan fingerprint density at radius 1 is 1.19 bits per heavy atom. The second kappa shape index (κ2) is 9.32. The minimum absolute atomic E-state index is 0.276. The van der Waals surface area contributed by atoms with Gasteiger partial charge in [0, 0.05) is 25.7 Å². The number of aliphatic imine (C=N–C) groups is 2. The summed E-state index contributed by atoms with van der Waals surface area (Å²) in [5, 5.41) is 5.24. The van der Waals surface area contributed by atoms with Crippen LogP contribution in [0.15, 0.2) is 69.6 Å². The Morgan fingerprint density at radius 3 is 2.90 bits per heavy atom. The number of rotatable bonds is 5. The number of hydrogen-bond acceptors (Lipinski definition) is 5. The zero-order chi connectivity index (χ0) is 21.8. The minimum Gasteiger partial charge on any atom is -0.369 e. The first-order chi connectivity index (χ1) is 15.0. The van der Waals surface area contributed by atoms with Crippen LogP contribution in [0.2, 0.25) is 5.02 Å². The van der Waals surface area contributed by atoms with Gasteiger partial charge in [-0.1, -0.05) is 29.8 Å². The summed E-state index contributed by atoms with van der Waals surface area (Å²) in [6, 6.07) is 15.4. The predicted octanol–water partition coefficient (Wildman–Crippen LogP) is 5.06. The normalized spacial score (nSPS) is 15.1. The Bertz CT molecular complexity index is 1240. The van der Waals surface area contributed by atoms with E-state index in [2.05, 4.69) is 20.3 Å². The summed E-state index contributed by atoms with van der Waals surface area (Å²) in [6.07, 6.45) is 5.36. The summed E-state index contributed by atoms with van der Waals surface area (Å²) in [4.78, 5) is 27.7. The van der Waals surface area contributed by atoms with Gasteiger partial charge in [0.2, 0.25) is 0 Å². The number of pyridine rings is 1. The highest BCUT2D eigenvalue weighted by atomic mass is 35.5. The first-order valence-electron chi connectivity index (χ1n) is 9.57. The smallest absolute Gasteiger partial charge is 0.286 e. The molecule has 156 valence electrons. The number of carbonyl (C=O) groups is 1. The van der Waals surface area contributed by atoms with Gasteiger partial charge in [0.25, 0.3) is 5.91 Å². The molecule has 0 aliphatic carbocycles. The highest BCUT2D eigenvalue weighted by Gasteiger charge is 2.22. The van der Waals surface area contributed by atoms with Gasteiger partial charge in [-0.15, -0.1) is 0 Å². The van der Waals surface area contributed by atoms with Crippen LogP contribution < -0.4 is 5.32 Å². The van der Waals surface area contributed by atoms with Crippen molar-refractivity contribution in [3.63, 3.8) is 0 Å². The van der Waals surface area contributed by atoms with Crippen molar-refractivity contribution in [1.82, 2.24) is 9.88 Å². The molecular formula is C23H20ClN5OS. The number of nitrogens with one attached hydrogen (secondary N) is 1. The summed E-state index contributed by atoms with van der Waals surface area (Å²) in [6.45, 7) is 0.532. The molecule has 0 radical (unpaired) electrons. The molecule has 0 saturated carbocycles. The molecule has 4 rings (SSSR count). The number of benzene rings is 2. The van der Waals surface area contributed by atoms with Crippen LogP contribution in [0.5, 0.6) is 0 Å². The highest BCUT2D eigenvalue weighted by molar-refractivity contribution is 8.18. The SMILES string of the molecule is CN(C)C=NCc1ccc(Cl)c(NC2=NC(=O)/C(=C/c3ccc4ncccc4c3)S2)c1. The molecule has 1 amide bonds. The Kier molecular flexibility index (Phi) is 6.34. The average Bonchev–Trinajstić information content (AvgIpc) is 3.08. The highest BCUT2D eigenvalue weighted by Crippen LogP contribution is 2.32. The third-order valence-corrected chi connectivity index (χ3v) is 5.63. The van der Waals surface area contributed by atoms with Crippen molar-refractivity contribution in [2.45, 2.75) is 6.54 Å². The number of fused-ring (bicyclic) bond motifs is 1. The minimum atomic E-state index is -0.276. The molecule has 1 aliphatic rings. The molecule has 0 atom stereocenters. The third kappa shape index (κ3) is 5.31. The lowest BCUT2D eigenvalue weighted by Crippen LogP contribution is -2.08.